The Labute approximate surface area is 187 Å². The first-order chi connectivity index (χ1) is 15.6. The third-order valence-corrected chi connectivity index (χ3v) is 5.56. The molecule has 0 spiro atoms. The Hall–Kier alpha value is -3.65. The minimum absolute atomic E-state index is 0.227. The van der Waals surface area contributed by atoms with Crippen LogP contribution in [0.5, 0.6) is 11.5 Å². The van der Waals surface area contributed by atoms with E-state index in [0.717, 1.165) is 43.3 Å². The second-order valence-corrected chi connectivity index (χ2v) is 7.67. The summed E-state index contributed by atoms with van der Waals surface area (Å²) < 4.78 is 10.5. The van der Waals surface area contributed by atoms with E-state index in [1.165, 1.54) is 0 Å². The van der Waals surface area contributed by atoms with Crippen molar-refractivity contribution in [1.82, 2.24) is 15.1 Å². The molecule has 8 heteroatoms. The van der Waals surface area contributed by atoms with Crippen molar-refractivity contribution in [2.45, 2.75) is 0 Å². The lowest BCUT2D eigenvalue weighted by Gasteiger charge is -2.32. The van der Waals surface area contributed by atoms with E-state index < -0.39 is 0 Å². The van der Waals surface area contributed by atoms with E-state index in [1.54, 1.807) is 32.4 Å². The van der Waals surface area contributed by atoms with Crippen molar-refractivity contribution in [2.24, 2.45) is 0 Å². The SMILES string of the molecule is COc1ccc(C(=O)Nc2ccc(-c3ccc(N4CCN(C)CC4)nn3)cc2)cc1OC. The Morgan fingerprint density at radius 2 is 1.59 bits per heavy atom. The van der Waals surface area contributed by atoms with E-state index in [2.05, 4.69) is 32.4 Å². The lowest BCUT2D eigenvalue weighted by atomic mass is 10.1. The molecular weight excluding hydrogens is 406 g/mol. The number of benzene rings is 2. The third kappa shape index (κ3) is 4.81. The molecule has 0 bridgehead atoms. The lowest BCUT2D eigenvalue weighted by molar-refractivity contribution is 0.102. The highest BCUT2D eigenvalue weighted by Gasteiger charge is 2.16. The number of aromatic nitrogens is 2. The highest BCUT2D eigenvalue weighted by Crippen LogP contribution is 2.28. The number of rotatable bonds is 6. The van der Waals surface area contributed by atoms with E-state index in [1.807, 2.05) is 36.4 Å². The highest BCUT2D eigenvalue weighted by atomic mass is 16.5. The van der Waals surface area contributed by atoms with Gasteiger partial charge in [0.15, 0.2) is 17.3 Å². The molecule has 1 aromatic heterocycles. The summed E-state index contributed by atoms with van der Waals surface area (Å²) in [6.07, 6.45) is 0. The first-order valence-corrected chi connectivity index (χ1v) is 10.5. The Morgan fingerprint density at radius 3 is 2.22 bits per heavy atom. The summed E-state index contributed by atoms with van der Waals surface area (Å²) in [7, 11) is 5.23. The number of amides is 1. The van der Waals surface area contributed by atoms with E-state index in [9.17, 15) is 4.79 Å². The van der Waals surface area contributed by atoms with Crippen molar-refractivity contribution >= 4 is 17.4 Å². The molecule has 0 aliphatic carbocycles. The zero-order valence-corrected chi connectivity index (χ0v) is 18.5. The lowest BCUT2D eigenvalue weighted by Crippen LogP contribution is -2.44. The molecule has 1 amide bonds. The van der Waals surface area contributed by atoms with Crippen LogP contribution in [0.3, 0.4) is 0 Å². The van der Waals surface area contributed by atoms with Gasteiger partial charge >= 0.3 is 0 Å². The van der Waals surface area contributed by atoms with Gasteiger partial charge in [-0.15, -0.1) is 10.2 Å². The van der Waals surface area contributed by atoms with Crippen LogP contribution in [0.1, 0.15) is 10.4 Å². The smallest absolute Gasteiger partial charge is 0.255 e. The Kier molecular flexibility index (Phi) is 6.51. The molecular formula is C24H27N5O3. The number of hydrogen-bond donors (Lipinski definition) is 1. The number of piperazine rings is 1. The summed E-state index contributed by atoms with van der Waals surface area (Å²) >= 11 is 0. The van der Waals surface area contributed by atoms with E-state index in [-0.39, 0.29) is 5.91 Å². The van der Waals surface area contributed by atoms with Crippen LogP contribution in [0.25, 0.3) is 11.3 Å². The number of nitrogens with zero attached hydrogens (tertiary/aromatic N) is 4. The standard InChI is InChI=1S/C24H27N5O3/c1-28-12-14-29(15-13-28)23-11-9-20(26-27-23)17-4-7-19(8-5-17)25-24(30)18-6-10-21(31-2)22(16-18)32-3/h4-11,16H,12-15H2,1-3H3,(H,25,30). The molecule has 1 fully saturated rings. The summed E-state index contributed by atoms with van der Waals surface area (Å²) in [5, 5.41) is 11.7. The molecule has 0 saturated carbocycles. The quantitative estimate of drug-likeness (QED) is 0.640. The van der Waals surface area contributed by atoms with Crippen molar-refractivity contribution in [2.75, 3.05) is 57.7 Å². The minimum Gasteiger partial charge on any atom is -0.493 e. The number of carbonyl (C=O) groups excluding carboxylic acids is 1. The van der Waals surface area contributed by atoms with Gasteiger partial charge in [-0.1, -0.05) is 12.1 Å². The molecule has 1 aliphatic heterocycles. The maximum atomic E-state index is 12.6. The maximum Gasteiger partial charge on any atom is 0.255 e. The van der Waals surface area contributed by atoms with Crippen molar-refractivity contribution in [3.8, 4) is 22.8 Å². The van der Waals surface area contributed by atoms with Crippen LogP contribution in [0, 0.1) is 0 Å². The maximum absolute atomic E-state index is 12.6. The topological polar surface area (TPSA) is 79.8 Å². The molecule has 2 heterocycles. The van der Waals surface area contributed by atoms with Gasteiger partial charge in [-0.2, -0.15) is 0 Å². The van der Waals surface area contributed by atoms with Gasteiger partial charge in [0.2, 0.25) is 0 Å². The van der Waals surface area contributed by atoms with Gasteiger partial charge in [0.05, 0.1) is 19.9 Å². The first-order valence-electron chi connectivity index (χ1n) is 10.5. The largest absolute Gasteiger partial charge is 0.493 e. The van der Waals surface area contributed by atoms with Crippen LogP contribution in [0.4, 0.5) is 11.5 Å². The van der Waals surface area contributed by atoms with Crippen molar-refractivity contribution in [3.63, 3.8) is 0 Å². The number of methoxy groups -OCH3 is 2. The molecule has 166 valence electrons. The van der Waals surface area contributed by atoms with E-state index >= 15 is 0 Å². The van der Waals surface area contributed by atoms with E-state index in [0.29, 0.717) is 22.7 Å². The molecule has 32 heavy (non-hydrogen) atoms. The van der Waals surface area contributed by atoms with Crippen LogP contribution >= 0.6 is 0 Å². The summed E-state index contributed by atoms with van der Waals surface area (Å²) in [5.74, 6) is 1.76. The van der Waals surface area contributed by atoms with Crippen LogP contribution < -0.4 is 19.7 Å². The zero-order valence-electron chi connectivity index (χ0n) is 18.5. The minimum atomic E-state index is -0.227. The summed E-state index contributed by atoms with van der Waals surface area (Å²) in [5.41, 5.74) is 2.90. The third-order valence-electron chi connectivity index (χ3n) is 5.56. The fourth-order valence-corrected chi connectivity index (χ4v) is 3.59. The van der Waals surface area contributed by atoms with Gasteiger partial charge in [-0.25, -0.2) is 0 Å². The first kappa shape index (κ1) is 21.6. The number of hydrogen-bond acceptors (Lipinski definition) is 7. The summed E-state index contributed by atoms with van der Waals surface area (Å²) in [4.78, 5) is 17.2. The van der Waals surface area contributed by atoms with Gasteiger partial charge in [0, 0.05) is 43.0 Å². The fourth-order valence-electron chi connectivity index (χ4n) is 3.59. The molecule has 1 aliphatic rings. The number of likely N-dealkylation sites (N-methyl/N-ethyl adjacent to an activating group) is 1. The molecule has 4 rings (SSSR count). The van der Waals surface area contributed by atoms with Gasteiger partial charge < -0.3 is 24.6 Å². The molecule has 0 radical (unpaired) electrons. The molecule has 1 saturated heterocycles. The predicted molar refractivity (Wildman–Crippen MR) is 125 cm³/mol. The number of ether oxygens (including phenoxy) is 2. The number of anilines is 2. The van der Waals surface area contributed by atoms with Crippen LogP contribution in [0.15, 0.2) is 54.6 Å². The Bertz CT molecular complexity index is 1060. The normalized spacial score (nSPS) is 14.2. The van der Waals surface area contributed by atoms with Gasteiger partial charge in [0.25, 0.3) is 5.91 Å². The average Bonchev–Trinajstić information content (AvgIpc) is 2.84. The summed E-state index contributed by atoms with van der Waals surface area (Å²) in [6.45, 7) is 3.97. The Morgan fingerprint density at radius 1 is 0.875 bits per heavy atom. The monoisotopic (exact) mass is 433 g/mol. The van der Waals surface area contributed by atoms with Crippen molar-refractivity contribution in [3.05, 3.63) is 60.2 Å². The number of carbonyl (C=O) groups is 1. The summed E-state index contributed by atoms with van der Waals surface area (Å²) in [6, 6.07) is 16.6. The molecule has 2 aromatic carbocycles. The van der Waals surface area contributed by atoms with Crippen LogP contribution in [-0.4, -0.2) is 68.5 Å². The van der Waals surface area contributed by atoms with Gasteiger partial charge in [0.1, 0.15) is 0 Å². The van der Waals surface area contributed by atoms with Gasteiger partial charge in [-0.3, -0.25) is 4.79 Å². The second kappa shape index (κ2) is 9.65. The second-order valence-electron chi connectivity index (χ2n) is 7.67. The highest BCUT2D eigenvalue weighted by molar-refractivity contribution is 6.04. The van der Waals surface area contributed by atoms with Crippen LogP contribution in [-0.2, 0) is 0 Å². The molecule has 8 nitrogen and oxygen atoms in total. The molecule has 1 N–H and O–H groups in total. The Balaban J connectivity index is 1.41. The van der Waals surface area contributed by atoms with Crippen molar-refractivity contribution in [1.29, 1.82) is 0 Å². The fraction of sp³-hybridized carbons (Fsp3) is 0.292. The zero-order chi connectivity index (χ0) is 22.5. The van der Waals surface area contributed by atoms with Crippen molar-refractivity contribution < 1.29 is 14.3 Å². The average molecular weight is 434 g/mol. The molecule has 3 aromatic rings. The van der Waals surface area contributed by atoms with Gasteiger partial charge in [-0.05, 0) is 49.5 Å². The van der Waals surface area contributed by atoms with Crippen LogP contribution in [0.2, 0.25) is 0 Å². The number of nitrogens with one attached hydrogen (secondary N) is 1. The predicted octanol–water partition coefficient (Wildman–Crippen LogP) is 3.16. The molecule has 0 unspecified atom stereocenters. The molecule has 0 atom stereocenters. The van der Waals surface area contributed by atoms with E-state index in [4.69, 9.17) is 9.47 Å².